The highest BCUT2D eigenvalue weighted by molar-refractivity contribution is 6.25. The smallest absolute Gasteiger partial charge is 0.161 e. The fraction of sp³-hybridized carbons (Fsp3) is 0.0238. The lowest BCUT2D eigenvalue weighted by Crippen LogP contribution is -2.07. The molecule has 0 aliphatic carbocycles. The van der Waals surface area contributed by atoms with Crippen molar-refractivity contribution >= 4 is 61.9 Å². The molecule has 0 atom stereocenters. The van der Waals surface area contributed by atoms with E-state index in [-0.39, 0.29) is 0 Å². The molecule has 0 saturated heterocycles. The molecule has 0 bridgehead atoms. The molecule has 0 aliphatic rings. The summed E-state index contributed by atoms with van der Waals surface area (Å²) in [6.45, 7) is 4.46. The maximum Gasteiger partial charge on any atom is 0.161 e. The molecule has 0 fully saturated rings. The van der Waals surface area contributed by atoms with E-state index in [2.05, 4.69) is 109 Å². The summed E-state index contributed by atoms with van der Waals surface area (Å²) in [5, 5.41) is 6.51. The average molecular weight is 592 g/mol. The molecule has 4 heteroatoms. The minimum Gasteiger partial charge on any atom is -0.455 e. The molecule has 0 amide bonds. The van der Waals surface area contributed by atoms with E-state index < -0.39 is 0 Å². The molecule has 1 heterocycles. The fourth-order valence-electron chi connectivity index (χ4n) is 6.33. The number of amidine groups is 2. The van der Waals surface area contributed by atoms with Crippen LogP contribution in [0.5, 0.6) is 0 Å². The molecule has 1 aromatic heterocycles. The molecule has 7 aromatic carbocycles. The van der Waals surface area contributed by atoms with E-state index in [1.54, 1.807) is 0 Å². The van der Waals surface area contributed by atoms with E-state index in [1.807, 2.05) is 54.6 Å². The van der Waals surface area contributed by atoms with Gasteiger partial charge in [0.15, 0.2) is 11.7 Å². The first kappa shape index (κ1) is 27.4. The van der Waals surface area contributed by atoms with E-state index in [1.165, 1.54) is 5.39 Å². The predicted molar refractivity (Wildman–Crippen MR) is 193 cm³/mol. The van der Waals surface area contributed by atoms with Crippen LogP contribution in [0.25, 0.3) is 54.6 Å². The largest absolute Gasteiger partial charge is 0.455 e. The van der Waals surface area contributed by atoms with Crippen molar-refractivity contribution in [1.29, 1.82) is 0 Å². The average Bonchev–Trinajstić information content (AvgIpc) is 3.52. The molecule has 46 heavy (non-hydrogen) atoms. The summed E-state index contributed by atoms with van der Waals surface area (Å²) < 4.78 is 6.53. The van der Waals surface area contributed by atoms with Crippen LogP contribution in [-0.4, -0.2) is 18.4 Å². The summed E-state index contributed by atoms with van der Waals surface area (Å²) in [6.07, 6.45) is 0. The van der Waals surface area contributed by atoms with Gasteiger partial charge in [-0.25, -0.2) is 9.98 Å². The number of benzene rings is 7. The summed E-state index contributed by atoms with van der Waals surface area (Å²) in [4.78, 5) is 14.9. The Morgan fingerprint density at radius 1 is 0.565 bits per heavy atom. The standard InChI is InChI=1S/C42H29N3O/c1-43-41(36-24-13-25-38-39(36)35-23-12-22-32(40(35)46-38)29-16-6-3-7-17-29)45-42(44-27-28-14-4-2-5-15-28)37-26-30-18-8-9-19-31(30)33-20-10-11-21-34(33)37/h2-26H,1,27H2/b44-42-,45-41-. The minimum absolute atomic E-state index is 0.477. The van der Waals surface area contributed by atoms with Crippen molar-refractivity contribution in [3.63, 3.8) is 0 Å². The Labute approximate surface area is 266 Å². The van der Waals surface area contributed by atoms with Crippen molar-refractivity contribution in [1.82, 2.24) is 0 Å². The summed E-state index contributed by atoms with van der Waals surface area (Å²) in [5.74, 6) is 1.09. The zero-order chi connectivity index (χ0) is 30.9. The zero-order valence-electron chi connectivity index (χ0n) is 25.1. The molecule has 0 aliphatic heterocycles. The molecule has 218 valence electrons. The van der Waals surface area contributed by atoms with Crippen molar-refractivity contribution in [3.8, 4) is 11.1 Å². The highest BCUT2D eigenvalue weighted by Crippen LogP contribution is 2.38. The number of fused-ring (bicyclic) bond motifs is 6. The Kier molecular flexibility index (Phi) is 7.01. The van der Waals surface area contributed by atoms with E-state index in [9.17, 15) is 0 Å². The van der Waals surface area contributed by atoms with Crippen molar-refractivity contribution in [2.75, 3.05) is 0 Å². The number of hydrogen-bond donors (Lipinski definition) is 0. The van der Waals surface area contributed by atoms with Crippen LogP contribution in [0, 0.1) is 0 Å². The van der Waals surface area contributed by atoms with Crippen molar-refractivity contribution in [2.24, 2.45) is 15.0 Å². The first-order valence-electron chi connectivity index (χ1n) is 15.3. The van der Waals surface area contributed by atoms with Gasteiger partial charge in [-0.05, 0) is 51.5 Å². The molecular formula is C42H29N3O. The van der Waals surface area contributed by atoms with Gasteiger partial charge < -0.3 is 4.42 Å². The van der Waals surface area contributed by atoms with Gasteiger partial charge in [0, 0.05) is 27.5 Å². The number of furan rings is 1. The summed E-state index contributed by atoms with van der Waals surface area (Å²) in [5.41, 5.74) is 6.63. The third-order valence-electron chi connectivity index (χ3n) is 8.47. The predicted octanol–water partition coefficient (Wildman–Crippen LogP) is 10.7. The van der Waals surface area contributed by atoms with E-state index in [0.29, 0.717) is 18.2 Å². The maximum absolute atomic E-state index is 6.53. The number of hydrogen-bond acceptors (Lipinski definition) is 2. The third kappa shape index (κ3) is 4.86. The number of rotatable bonds is 5. The molecule has 0 spiro atoms. The van der Waals surface area contributed by atoms with Gasteiger partial charge in [0.2, 0.25) is 0 Å². The molecule has 8 aromatic rings. The Morgan fingerprint density at radius 2 is 1.24 bits per heavy atom. The van der Waals surface area contributed by atoms with Crippen LogP contribution < -0.4 is 0 Å². The number of para-hydroxylation sites is 1. The summed E-state index contributed by atoms with van der Waals surface area (Å²) in [6, 6.07) is 51.9. The third-order valence-corrected chi connectivity index (χ3v) is 8.47. The van der Waals surface area contributed by atoms with Crippen LogP contribution in [-0.2, 0) is 6.54 Å². The minimum atomic E-state index is 0.477. The van der Waals surface area contributed by atoms with Crippen molar-refractivity contribution in [3.05, 3.63) is 168 Å². The summed E-state index contributed by atoms with van der Waals surface area (Å²) in [7, 11) is 0. The summed E-state index contributed by atoms with van der Waals surface area (Å²) >= 11 is 0. The molecular weight excluding hydrogens is 562 g/mol. The van der Waals surface area contributed by atoms with Crippen LogP contribution in [0.1, 0.15) is 16.7 Å². The van der Waals surface area contributed by atoms with Gasteiger partial charge in [0.05, 0.1) is 6.54 Å². The van der Waals surface area contributed by atoms with Gasteiger partial charge in [0.1, 0.15) is 11.2 Å². The number of nitrogens with zero attached hydrogens (tertiary/aromatic N) is 3. The molecule has 0 saturated carbocycles. The normalized spacial score (nSPS) is 12.3. The van der Waals surface area contributed by atoms with E-state index >= 15 is 0 Å². The highest BCUT2D eigenvalue weighted by atomic mass is 16.3. The van der Waals surface area contributed by atoms with Crippen LogP contribution in [0.3, 0.4) is 0 Å². The van der Waals surface area contributed by atoms with Crippen LogP contribution in [0.4, 0.5) is 0 Å². The number of aliphatic imine (C=N–C) groups is 3. The molecule has 8 rings (SSSR count). The fourth-order valence-corrected chi connectivity index (χ4v) is 6.33. The van der Waals surface area contributed by atoms with Crippen molar-refractivity contribution in [2.45, 2.75) is 6.54 Å². The Balaban J connectivity index is 1.36. The van der Waals surface area contributed by atoms with Crippen molar-refractivity contribution < 1.29 is 4.42 Å². The Morgan fingerprint density at radius 3 is 2.04 bits per heavy atom. The van der Waals surface area contributed by atoms with E-state index in [4.69, 9.17) is 14.4 Å². The van der Waals surface area contributed by atoms with Gasteiger partial charge in [0.25, 0.3) is 0 Å². The molecule has 0 unspecified atom stereocenters. The second kappa shape index (κ2) is 11.8. The van der Waals surface area contributed by atoms with Crippen LogP contribution in [0.15, 0.2) is 171 Å². The van der Waals surface area contributed by atoms with Gasteiger partial charge in [-0.1, -0.05) is 140 Å². The maximum atomic E-state index is 6.53. The Bertz CT molecular complexity index is 2460. The lowest BCUT2D eigenvalue weighted by Gasteiger charge is -2.12. The molecule has 0 N–H and O–H groups in total. The quantitative estimate of drug-likeness (QED) is 0.112. The van der Waals surface area contributed by atoms with Gasteiger partial charge in [-0.15, -0.1) is 0 Å². The first-order valence-corrected chi connectivity index (χ1v) is 15.3. The lowest BCUT2D eigenvalue weighted by molar-refractivity contribution is 0.670. The lowest BCUT2D eigenvalue weighted by atomic mass is 9.96. The molecule has 0 radical (unpaired) electrons. The Hall–Kier alpha value is -6.13. The molecule has 4 nitrogen and oxygen atoms in total. The van der Waals surface area contributed by atoms with Gasteiger partial charge in [-0.2, -0.15) is 0 Å². The van der Waals surface area contributed by atoms with Gasteiger partial charge in [-0.3, -0.25) is 4.99 Å². The second-order valence-electron chi connectivity index (χ2n) is 11.2. The second-order valence-corrected chi connectivity index (χ2v) is 11.2. The zero-order valence-corrected chi connectivity index (χ0v) is 25.1. The monoisotopic (exact) mass is 591 g/mol. The topological polar surface area (TPSA) is 50.2 Å². The SMILES string of the molecule is C=N/C(=N\C(=N/Cc1ccccc1)c1cc2ccccc2c2ccccc12)c1cccc2oc3c(-c4ccccc4)cccc3c12. The van der Waals surface area contributed by atoms with Gasteiger partial charge >= 0.3 is 0 Å². The highest BCUT2D eigenvalue weighted by Gasteiger charge is 2.19. The van der Waals surface area contributed by atoms with Crippen LogP contribution in [0.2, 0.25) is 0 Å². The van der Waals surface area contributed by atoms with Crippen LogP contribution >= 0.6 is 0 Å². The first-order chi connectivity index (χ1) is 22.8. The van der Waals surface area contributed by atoms with E-state index in [0.717, 1.165) is 65.9 Å².